The maximum Gasteiger partial charge on any atom is 0.416 e. The van der Waals surface area contributed by atoms with Crippen LogP contribution in [0.15, 0.2) is 51.3 Å². The molecule has 4 nitrogen and oxygen atoms in total. The lowest BCUT2D eigenvalue weighted by Gasteiger charge is -2.07. The van der Waals surface area contributed by atoms with E-state index in [1.807, 2.05) is 0 Å². The molecule has 11 heteroatoms. The van der Waals surface area contributed by atoms with Crippen LogP contribution in [0.2, 0.25) is 5.02 Å². The predicted molar refractivity (Wildman–Crippen MR) is 108 cm³/mol. The lowest BCUT2D eigenvalue weighted by atomic mass is 10.1. The monoisotopic (exact) mass is 507 g/mol. The molecule has 0 saturated heterocycles. The molecule has 0 fully saturated rings. The Balaban J connectivity index is 1.63. The van der Waals surface area contributed by atoms with E-state index in [-0.39, 0.29) is 10.7 Å². The first-order valence-electron chi connectivity index (χ1n) is 7.61. The van der Waals surface area contributed by atoms with Crippen molar-refractivity contribution in [3.8, 4) is 0 Å². The van der Waals surface area contributed by atoms with Gasteiger partial charge in [-0.1, -0.05) is 68.8 Å². The van der Waals surface area contributed by atoms with Gasteiger partial charge in [0.1, 0.15) is 0 Å². The van der Waals surface area contributed by atoms with Gasteiger partial charge in [0.2, 0.25) is 5.13 Å². The number of hydrogen-bond acceptors (Lipinski definition) is 5. The summed E-state index contributed by atoms with van der Waals surface area (Å²) in [5.74, 6) is -0.138. The number of alkyl halides is 3. The van der Waals surface area contributed by atoms with Gasteiger partial charge >= 0.3 is 6.18 Å². The fraction of sp³-hybridized carbons (Fsp3) is 0.118. The summed E-state index contributed by atoms with van der Waals surface area (Å²) in [6, 6.07) is 10.0. The molecule has 0 aliphatic rings. The molecule has 3 rings (SSSR count). The van der Waals surface area contributed by atoms with Crippen molar-refractivity contribution in [1.82, 2.24) is 10.2 Å². The van der Waals surface area contributed by atoms with Gasteiger partial charge in [0, 0.05) is 10.2 Å². The number of anilines is 1. The third kappa shape index (κ3) is 5.47. The van der Waals surface area contributed by atoms with Gasteiger partial charge in [-0.15, -0.1) is 10.2 Å². The lowest BCUT2D eigenvalue weighted by molar-refractivity contribution is -0.137. The molecule has 0 saturated carbocycles. The van der Waals surface area contributed by atoms with Crippen LogP contribution in [-0.2, 0) is 11.9 Å². The predicted octanol–water partition coefficient (Wildman–Crippen LogP) is 6.52. The number of hydrogen-bond donors (Lipinski definition) is 1. The normalized spacial score (nSPS) is 11.5. The van der Waals surface area contributed by atoms with Crippen LogP contribution in [-0.4, -0.2) is 16.1 Å². The average Bonchev–Trinajstić information content (AvgIpc) is 3.09. The molecule has 0 aliphatic heterocycles. The van der Waals surface area contributed by atoms with Gasteiger partial charge in [-0.3, -0.25) is 10.1 Å². The molecule has 1 heterocycles. The largest absolute Gasteiger partial charge is 0.416 e. The van der Waals surface area contributed by atoms with Gasteiger partial charge in [0.15, 0.2) is 4.34 Å². The molecular weight excluding hydrogens is 499 g/mol. The lowest BCUT2D eigenvalue weighted by Crippen LogP contribution is -2.12. The molecule has 28 heavy (non-hydrogen) atoms. The van der Waals surface area contributed by atoms with Crippen LogP contribution in [0.4, 0.5) is 18.3 Å². The molecule has 0 spiro atoms. The zero-order chi connectivity index (χ0) is 20.3. The second-order valence-corrected chi connectivity index (χ2v) is 8.96. The molecule has 0 unspecified atom stereocenters. The number of carbonyl (C=O) groups excluding carboxylic acids is 1. The Kier molecular flexibility index (Phi) is 6.64. The molecule has 3 aromatic rings. The molecule has 0 aliphatic carbocycles. The van der Waals surface area contributed by atoms with Gasteiger partial charge < -0.3 is 0 Å². The van der Waals surface area contributed by atoms with E-state index in [9.17, 15) is 18.0 Å². The van der Waals surface area contributed by atoms with Crippen molar-refractivity contribution in [2.75, 3.05) is 5.32 Å². The molecule has 0 bridgehead atoms. The summed E-state index contributed by atoms with van der Waals surface area (Å²) in [5, 5.41) is 11.0. The van der Waals surface area contributed by atoms with Crippen LogP contribution in [0.25, 0.3) is 0 Å². The van der Waals surface area contributed by atoms with Crippen LogP contribution < -0.4 is 5.32 Å². The van der Waals surface area contributed by atoms with E-state index in [0.29, 0.717) is 25.2 Å². The number of aromatic nitrogens is 2. The first-order valence-corrected chi connectivity index (χ1v) is 10.6. The van der Waals surface area contributed by atoms with E-state index in [2.05, 4.69) is 31.4 Å². The van der Waals surface area contributed by atoms with Crippen molar-refractivity contribution in [2.45, 2.75) is 16.3 Å². The van der Waals surface area contributed by atoms with Gasteiger partial charge in [0.05, 0.1) is 16.1 Å². The van der Waals surface area contributed by atoms with E-state index in [1.54, 1.807) is 24.3 Å². The maximum absolute atomic E-state index is 12.8. The topological polar surface area (TPSA) is 54.9 Å². The van der Waals surface area contributed by atoms with E-state index in [4.69, 9.17) is 11.6 Å². The number of thioether (sulfide) groups is 1. The fourth-order valence-corrected chi connectivity index (χ4v) is 4.39. The Morgan fingerprint density at radius 3 is 2.75 bits per heavy atom. The number of nitrogens with one attached hydrogen (secondary N) is 1. The van der Waals surface area contributed by atoms with Crippen LogP contribution in [0, 0.1) is 0 Å². The Hall–Kier alpha value is -1.62. The van der Waals surface area contributed by atoms with Crippen molar-refractivity contribution in [3.05, 3.63) is 68.7 Å². The molecule has 0 radical (unpaired) electrons. The maximum atomic E-state index is 12.8. The van der Waals surface area contributed by atoms with Gasteiger partial charge in [0.25, 0.3) is 5.91 Å². The number of amides is 1. The Labute approximate surface area is 179 Å². The van der Waals surface area contributed by atoms with Crippen molar-refractivity contribution >= 4 is 61.7 Å². The molecule has 146 valence electrons. The highest BCUT2D eigenvalue weighted by Gasteiger charge is 2.30. The summed E-state index contributed by atoms with van der Waals surface area (Å²) in [6.45, 7) is 0. The molecule has 1 aromatic heterocycles. The van der Waals surface area contributed by atoms with E-state index >= 15 is 0 Å². The highest BCUT2D eigenvalue weighted by molar-refractivity contribution is 9.10. The minimum atomic E-state index is -4.38. The zero-order valence-corrected chi connectivity index (χ0v) is 17.7. The van der Waals surface area contributed by atoms with Crippen LogP contribution in [0.5, 0.6) is 0 Å². The quantitative estimate of drug-likeness (QED) is 0.315. The molecule has 1 N–H and O–H groups in total. The zero-order valence-electron chi connectivity index (χ0n) is 13.8. The van der Waals surface area contributed by atoms with Gasteiger partial charge in [-0.25, -0.2) is 0 Å². The standard InChI is InChI=1S/C17H10BrClF3N3OS2/c18-11-4-5-13(19)12(7-11)14(26)23-15-24-25-16(28-15)27-8-9-2-1-3-10(6-9)17(20,21)22/h1-7H,8H2,(H,23,24,26). The summed E-state index contributed by atoms with van der Waals surface area (Å²) in [5.41, 5.74) is 0.104. The van der Waals surface area contributed by atoms with Crippen molar-refractivity contribution in [2.24, 2.45) is 0 Å². The van der Waals surface area contributed by atoms with E-state index < -0.39 is 17.6 Å². The Bertz CT molecular complexity index is 1010. The second-order valence-electron chi connectivity index (χ2n) is 5.44. The number of nitrogens with zero attached hydrogens (tertiary/aromatic N) is 2. The molecular formula is C17H10BrClF3N3OS2. The first-order chi connectivity index (χ1) is 13.2. The second kappa shape index (κ2) is 8.81. The summed E-state index contributed by atoms with van der Waals surface area (Å²) < 4.78 is 39.5. The first kappa shape index (κ1) is 21.1. The smallest absolute Gasteiger partial charge is 0.296 e. The Morgan fingerprint density at radius 2 is 2.00 bits per heavy atom. The summed E-state index contributed by atoms with van der Waals surface area (Å²) >= 11 is 11.7. The SMILES string of the molecule is O=C(Nc1nnc(SCc2cccc(C(F)(F)F)c2)s1)c1cc(Br)ccc1Cl. The summed E-state index contributed by atoms with van der Waals surface area (Å²) in [6.07, 6.45) is -4.38. The van der Waals surface area contributed by atoms with Crippen LogP contribution in [0.1, 0.15) is 21.5 Å². The number of benzene rings is 2. The van der Waals surface area contributed by atoms with Crippen molar-refractivity contribution in [3.63, 3.8) is 0 Å². The minimum absolute atomic E-state index is 0.271. The van der Waals surface area contributed by atoms with Crippen LogP contribution in [0.3, 0.4) is 0 Å². The third-order valence-corrected chi connectivity index (χ3v) is 6.28. The summed E-state index contributed by atoms with van der Waals surface area (Å²) in [7, 11) is 0. The van der Waals surface area contributed by atoms with Gasteiger partial charge in [-0.05, 0) is 29.8 Å². The van der Waals surface area contributed by atoms with Gasteiger partial charge in [-0.2, -0.15) is 13.2 Å². The minimum Gasteiger partial charge on any atom is -0.296 e. The number of carbonyl (C=O) groups is 1. The number of rotatable bonds is 5. The summed E-state index contributed by atoms with van der Waals surface area (Å²) in [4.78, 5) is 12.3. The molecule has 0 atom stereocenters. The molecule has 2 aromatic carbocycles. The Morgan fingerprint density at radius 1 is 1.21 bits per heavy atom. The van der Waals surface area contributed by atoms with Crippen LogP contribution >= 0.6 is 50.6 Å². The van der Waals surface area contributed by atoms with E-state index in [1.165, 1.54) is 17.8 Å². The van der Waals surface area contributed by atoms with Crippen molar-refractivity contribution in [1.29, 1.82) is 0 Å². The number of halogens is 5. The van der Waals surface area contributed by atoms with E-state index in [0.717, 1.165) is 23.5 Å². The highest BCUT2D eigenvalue weighted by atomic mass is 79.9. The average molecular weight is 509 g/mol. The highest BCUT2D eigenvalue weighted by Crippen LogP contribution is 2.32. The molecule has 1 amide bonds. The fourth-order valence-electron chi connectivity index (χ4n) is 2.14. The van der Waals surface area contributed by atoms with Crippen molar-refractivity contribution < 1.29 is 18.0 Å². The third-order valence-electron chi connectivity index (χ3n) is 3.42.